The number of carbonyl (C=O) groups excluding carboxylic acids is 2. The SMILES string of the molecule is CCC(O)C(C)C1OC1CC(C)(O)/C=C/C=C(\C)C1OC(=O)CC(O)CCC(C)(O)C(OC(=O)N2CCC(N3CCCC3)CC2)/C=C/C1C. The van der Waals surface area contributed by atoms with Crippen molar-refractivity contribution in [3.63, 3.8) is 0 Å². The third-order valence-electron chi connectivity index (χ3n) is 11.0. The highest BCUT2D eigenvalue weighted by Crippen LogP contribution is 2.37. The van der Waals surface area contributed by atoms with Crippen molar-refractivity contribution in [1.82, 2.24) is 9.80 Å². The summed E-state index contributed by atoms with van der Waals surface area (Å²) in [5, 5.41) is 43.3. The van der Waals surface area contributed by atoms with Gasteiger partial charge in [-0.3, -0.25) is 4.79 Å². The first-order valence-corrected chi connectivity index (χ1v) is 18.5. The van der Waals surface area contributed by atoms with E-state index in [1.54, 1.807) is 49.1 Å². The van der Waals surface area contributed by atoms with Crippen LogP contribution in [0.3, 0.4) is 0 Å². The third-order valence-corrected chi connectivity index (χ3v) is 11.0. The molecular weight excluding hydrogens is 628 g/mol. The Morgan fingerprint density at radius 2 is 1.86 bits per heavy atom. The van der Waals surface area contributed by atoms with E-state index in [1.165, 1.54) is 12.8 Å². The minimum absolute atomic E-state index is 0.00950. The zero-order valence-corrected chi connectivity index (χ0v) is 30.5. The Morgan fingerprint density at radius 3 is 2.51 bits per heavy atom. The molecule has 1 amide bonds. The second-order valence-electron chi connectivity index (χ2n) is 15.5. The molecule has 0 aromatic carbocycles. The van der Waals surface area contributed by atoms with Crippen LogP contribution < -0.4 is 0 Å². The maximum Gasteiger partial charge on any atom is 0.410 e. The van der Waals surface area contributed by atoms with Crippen LogP contribution in [-0.2, 0) is 19.0 Å². The fourth-order valence-electron chi connectivity index (χ4n) is 7.51. The van der Waals surface area contributed by atoms with Gasteiger partial charge in [-0.1, -0.05) is 45.1 Å². The molecule has 4 heterocycles. The minimum atomic E-state index is -1.48. The number of hydrogen-bond acceptors (Lipinski definition) is 10. The Labute approximate surface area is 293 Å². The summed E-state index contributed by atoms with van der Waals surface area (Å²) >= 11 is 0. The Hall–Kier alpha value is -2.28. The number of hydrogen-bond donors (Lipinski definition) is 4. The number of piperidine rings is 1. The van der Waals surface area contributed by atoms with Crippen LogP contribution in [0.2, 0.25) is 0 Å². The fraction of sp³-hybridized carbons (Fsp3) is 0.789. The number of amides is 1. The lowest BCUT2D eigenvalue weighted by Crippen LogP contribution is -2.49. The lowest BCUT2D eigenvalue weighted by Gasteiger charge is -2.38. The van der Waals surface area contributed by atoms with E-state index in [9.17, 15) is 30.0 Å². The molecule has 0 aromatic rings. The average molecular weight is 691 g/mol. The molecule has 3 fully saturated rings. The summed E-state index contributed by atoms with van der Waals surface area (Å²) in [5.41, 5.74) is -1.92. The van der Waals surface area contributed by atoms with Crippen LogP contribution in [0.25, 0.3) is 0 Å². The van der Waals surface area contributed by atoms with Crippen LogP contribution in [0.15, 0.2) is 36.0 Å². The normalized spacial score (nSPS) is 35.9. The molecule has 4 aliphatic heterocycles. The first kappa shape index (κ1) is 39.5. The molecule has 4 aliphatic rings. The fourth-order valence-corrected chi connectivity index (χ4v) is 7.51. The molecule has 278 valence electrons. The van der Waals surface area contributed by atoms with Gasteiger partial charge in [0.1, 0.15) is 11.7 Å². The van der Waals surface area contributed by atoms with Crippen molar-refractivity contribution >= 4 is 12.1 Å². The lowest BCUT2D eigenvalue weighted by atomic mass is 9.88. The molecule has 0 spiro atoms. The standard InChI is InChI=1S/C38H62N2O9/c1-7-30(42)27(4)35-31(47-35)24-37(5,45)17-10-11-25(2)34-26(3)12-13-32(38(6,46)18-14-29(41)23-33(43)49-34)48-36(44)40-21-15-28(16-22-40)39-19-8-9-20-39/h10-13,17,26-32,34-35,41-42,45-46H,7-9,14-16,18-24H2,1-6H3/b13-12+,17-10+,25-11+. The number of cyclic esters (lactones) is 1. The predicted molar refractivity (Wildman–Crippen MR) is 187 cm³/mol. The summed E-state index contributed by atoms with van der Waals surface area (Å²) in [7, 11) is 0. The van der Waals surface area contributed by atoms with Gasteiger partial charge in [-0.2, -0.15) is 0 Å². The number of epoxide rings is 1. The number of nitrogens with zero attached hydrogens (tertiary/aromatic N) is 2. The molecule has 4 N–H and O–H groups in total. The van der Waals surface area contributed by atoms with Gasteiger partial charge in [-0.05, 0) is 90.5 Å². The van der Waals surface area contributed by atoms with Crippen molar-refractivity contribution in [2.24, 2.45) is 11.8 Å². The minimum Gasteiger partial charge on any atom is -0.457 e. The van der Waals surface area contributed by atoms with Gasteiger partial charge in [0.25, 0.3) is 0 Å². The van der Waals surface area contributed by atoms with Gasteiger partial charge < -0.3 is 44.4 Å². The Morgan fingerprint density at radius 1 is 1.18 bits per heavy atom. The summed E-state index contributed by atoms with van der Waals surface area (Å²) in [4.78, 5) is 30.5. The molecule has 11 heteroatoms. The van der Waals surface area contributed by atoms with Gasteiger partial charge in [-0.25, -0.2) is 4.79 Å². The van der Waals surface area contributed by atoms with Crippen molar-refractivity contribution < 1.29 is 44.2 Å². The molecule has 0 bridgehead atoms. The van der Waals surface area contributed by atoms with Crippen LogP contribution in [-0.4, -0.2) is 122 Å². The van der Waals surface area contributed by atoms with Crippen LogP contribution in [0.5, 0.6) is 0 Å². The number of esters is 1. The summed E-state index contributed by atoms with van der Waals surface area (Å²) in [5.74, 6) is -0.932. The first-order chi connectivity index (χ1) is 23.1. The largest absolute Gasteiger partial charge is 0.457 e. The molecule has 3 saturated heterocycles. The van der Waals surface area contributed by atoms with Crippen molar-refractivity contribution in [2.75, 3.05) is 26.2 Å². The van der Waals surface area contributed by atoms with E-state index in [2.05, 4.69) is 4.90 Å². The zero-order valence-electron chi connectivity index (χ0n) is 30.5. The third kappa shape index (κ3) is 11.4. The van der Waals surface area contributed by atoms with Crippen molar-refractivity contribution in [3.8, 4) is 0 Å². The summed E-state index contributed by atoms with van der Waals surface area (Å²) < 4.78 is 17.6. The van der Waals surface area contributed by atoms with E-state index in [1.807, 2.05) is 27.7 Å². The molecule has 0 aliphatic carbocycles. The van der Waals surface area contributed by atoms with Crippen LogP contribution in [0, 0.1) is 11.8 Å². The maximum absolute atomic E-state index is 13.4. The molecule has 49 heavy (non-hydrogen) atoms. The number of aliphatic hydroxyl groups is 4. The highest BCUT2D eigenvalue weighted by Gasteiger charge is 2.47. The summed E-state index contributed by atoms with van der Waals surface area (Å²) in [6.45, 7) is 14.3. The van der Waals surface area contributed by atoms with E-state index in [4.69, 9.17) is 14.2 Å². The summed E-state index contributed by atoms with van der Waals surface area (Å²) in [6.07, 6.45) is 10.1. The molecule has 0 aromatic heterocycles. The first-order valence-electron chi connectivity index (χ1n) is 18.5. The quantitative estimate of drug-likeness (QED) is 0.113. The lowest BCUT2D eigenvalue weighted by molar-refractivity contribution is -0.151. The van der Waals surface area contributed by atoms with E-state index in [0.29, 0.717) is 37.5 Å². The molecule has 10 unspecified atom stereocenters. The van der Waals surface area contributed by atoms with E-state index in [-0.39, 0.29) is 43.3 Å². The van der Waals surface area contributed by atoms with Gasteiger partial charge in [-0.15, -0.1) is 0 Å². The molecule has 11 nitrogen and oxygen atoms in total. The topological polar surface area (TPSA) is 153 Å². The average Bonchev–Trinajstić information content (AvgIpc) is 3.57. The van der Waals surface area contributed by atoms with Crippen molar-refractivity contribution in [2.45, 2.75) is 153 Å². The van der Waals surface area contributed by atoms with Crippen LogP contribution in [0.1, 0.15) is 99.3 Å². The van der Waals surface area contributed by atoms with E-state index >= 15 is 0 Å². The molecule has 10 atom stereocenters. The predicted octanol–water partition coefficient (Wildman–Crippen LogP) is 4.27. The Bertz CT molecular complexity index is 1190. The number of carbonyl (C=O) groups is 2. The number of ether oxygens (including phenoxy) is 3. The number of rotatable bonds is 10. The molecular formula is C38H62N2O9. The Kier molecular flexibility index (Phi) is 13.9. The number of allylic oxidation sites excluding steroid dienone is 2. The zero-order chi connectivity index (χ0) is 35.9. The molecule has 0 saturated carbocycles. The monoisotopic (exact) mass is 690 g/mol. The molecule has 4 rings (SSSR count). The van der Waals surface area contributed by atoms with Gasteiger partial charge in [0.2, 0.25) is 0 Å². The van der Waals surface area contributed by atoms with E-state index < -0.39 is 47.7 Å². The molecule has 0 radical (unpaired) electrons. The van der Waals surface area contributed by atoms with Crippen LogP contribution >= 0.6 is 0 Å². The van der Waals surface area contributed by atoms with Crippen molar-refractivity contribution in [3.05, 3.63) is 36.0 Å². The van der Waals surface area contributed by atoms with E-state index in [0.717, 1.165) is 25.9 Å². The van der Waals surface area contributed by atoms with Crippen LogP contribution in [0.4, 0.5) is 4.79 Å². The second kappa shape index (κ2) is 17.3. The van der Waals surface area contributed by atoms with Gasteiger partial charge in [0, 0.05) is 37.4 Å². The number of aliphatic hydroxyl groups excluding tert-OH is 2. The second-order valence-corrected chi connectivity index (χ2v) is 15.5. The summed E-state index contributed by atoms with van der Waals surface area (Å²) in [6, 6.07) is 0.490. The van der Waals surface area contributed by atoms with Crippen molar-refractivity contribution in [1.29, 1.82) is 0 Å². The van der Waals surface area contributed by atoms with Gasteiger partial charge >= 0.3 is 12.1 Å². The van der Waals surface area contributed by atoms with Gasteiger partial charge in [0.05, 0.1) is 36.4 Å². The highest BCUT2D eigenvalue weighted by molar-refractivity contribution is 5.70. The van der Waals surface area contributed by atoms with Gasteiger partial charge in [0.15, 0.2) is 6.10 Å². The smallest absolute Gasteiger partial charge is 0.410 e. The highest BCUT2D eigenvalue weighted by atomic mass is 16.6. The Balaban J connectivity index is 1.43. The number of likely N-dealkylation sites (tertiary alicyclic amines) is 2. The maximum atomic E-state index is 13.4.